The molecule has 3 aliphatic rings. The molecule has 2 saturated heterocycles. The van der Waals surface area contributed by atoms with Gasteiger partial charge in [-0.15, -0.1) is 0 Å². The molecule has 2 aliphatic heterocycles. The van der Waals surface area contributed by atoms with Crippen molar-refractivity contribution in [2.45, 2.75) is 62.4 Å². The number of ether oxygens (including phenoxy) is 2. The molecule has 3 aromatic carbocycles. The Morgan fingerprint density at radius 3 is 2.63 bits per heavy atom. The number of piperazine rings is 1. The molecule has 5 aromatic rings. The van der Waals surface area contributed by atoms with Gasteiger partial charge in [-0.05, 0) is 96.5 Å². The van der Waals surface area contributed by atoms with Crippen LogP contribution in [0.25, 0.3) is 11.0 Å². The Hall–Kier alpha value is -5.15. The number of nitro groups is 1. The average molecular weight is 819 g/mol. The monoisotopic (exact) mass is 818 g/mol. The van der Waals surface area contributed by atoms with Crippen LogP contribution in [-0.4, -0.2) is 96.7 Å². The summed E-state index contributed by atoms with van der Waals surface area (Å²) in [4.78, 5) is 40.9. The summed E-state index contributed by atoms with van der Waals surface area (Å²) in [5.41, 5.74) is 5.70. The molecule has 1 saturated carbocycles. The van der Waals surface area contributed by atoms with Gasteiger partial charge in [-0.3, -0.25) is 29.4 Å². The zero-order valence-corrected chi connectivity index (χ0v) is 35.1. The first kappa shape index (κ1) is 40.6. The first-order valence-corrected chi connectivity index (χ1v) is 21.4. The van der Waals surface area contributed by atoms with E-state index in [1.165, 1.54) is 30.0 Å². The van der Waals surface area contributed by atoms with E-state index in [4.69, 9.17) is 9.47 Å². The van der Waals surface area contributed by atoms with Gasteiger partial charge >= 0.3 is 0 Å². The van der Waals surface area contributed by atoms with Crippen LogP contribution in [0.15, 0.2) is 90.1 Å². The van der Waals surface area contributed by atoms with E-state index in [0.29, 0.717) is 51.1 Å². The molecule has 4 heterocycles. The number of aromatic nitrogens is 2. The number of pyridine rings is 1. The first-order valence-electron chi connectivity index (χ1n) is 20.6. The second-order valence-electron chi connectivity index (χ2n) is 16.5. The third-order valence-corrected chi connectivity index (χ3v) is 13.4. The molecule has 0 bridgehead atoms. The molecule has 1 atom stereocenters. The number of aromatic amines is 1. The predicted molar refractivity (Wildman–Crippen MR) is 234 cm³/mol. The van der Waals surface area contributed by atoms with Gasteiger partial charge in [-0.2, -0.15) is 0 Å². The minimum absolute atomic E-state index is 0.0679. The summed E-state index contributed by atoms with van der Waals surface area (Å²) in [6, 6.07) is 24.4. The molecule has 13 nitrogen and oxygen atoms in total. The smallest absolute Gasteiger partial charge is 0.293 e. The third kappa shape index (κ3) is 8.77. The lowest BCUT2D eigenvalue weighted by molar-refractivity contribution is -0.384. The number of nitrogens with one attached hydrogen (secondary N) is 3. The molecule has 1 unspecified atom stereocenters. The number of nitrogens with zero attached hydrogens (tertiary/aromatic N) is 5. The Labute approximate surface area is 350 Å². The van der Waals surface area contributed by atoms with Crippen LogP contribution in [0.4, 0.5) is 17.1 Å². The fourth-order valence-corrected chi connectivity index (χ4v) is 9.96. The highest BCUT2D eigenvalue weighted by atomic mass is 32.2. The lowest BCUT2D eigenvalue weighted by Crippen LogP contribution is -2.60. The fraction of sp³-hybridized carbons (Fsp3) is 0.422. The van der Waals surface area contributed by atoms with Crippen molar-refractivity contribution in [3.63, 3.8) is 0 Å². The molecule has 8 rings (SSSR count). The summed E-state index contributed by atoms with van der Waals surface area (Å²) in [5, 5.41) is 15.4. The van der Waals surface area contributed by atoms with Crippen molar-refractivity contribution in [3.05, 3.63) is 112 Å². The average Bonchev–Trinajstić information content (AvgIpc) is 3.72. The molecule has 1 spiro atoms. The molecule has 0 radical (unpaired) electrons. The van der Waals surface area contributed by atoms with Crippen LogP contribution in [0, 0.1) is 15.5 Å². The Morgan fingerprint density at radius 2 is 1.86 bits per heavy atom. The molecule has 310 valence electrons. The normalized spacial score (nSPS) is 18.6. The van der Waals surface area contributed by atoms with Crippen LogP contribution < -0.4 is 19.7 Å². The number of hydrogen-bond donors (Lipinski definition) is 3. The van der Waals surface area contributed by atoms with Gasteiger partial charge in [-0.1, -0.05) is 38.1 Å². The van der Waals surface area contributed by atoms with Crippen LogP contribution in [-0.2, 0) is 4.74 Å². The van der Waals surface area contributed by atoms with E-state index in [9.17, 15) is 14.9 Å². The summed E-state index contributed by atoms with van der Waals surface area (Å²) in [6.45, 7) is 11.4. The van der Waals surface area contributed by atoms with Gasteiger partial charge in [0, 0.05) is 99.8 Å². The number of benzene rings is 3. The van der Waals surface area contributed by atoms with Gasteiger partial charge in [0.25, 0.3) is 11.6 Å². The number of rotatable bonds is 14. The SMILES string of the molecule is CNc1ccc(SNC(=O)c2ccc(N3CCC4(CC3)CC(N3CCN(CCOC)CC3c3ccccc3C(C)C)C4)cc2Oc2cnc3[nH]ccc3c2)cc1[N+](=O)[O-]. The van der Waals surface area contributed by atoms with Crippen LogP contribution in [0.5, 0.6) is 11.5 Å². The number of hydrogen-bond acceptors (Lipinski definition) is 11. The number of fused-ring (bicyclic) bond motifs is 1. The highest BCUT2D eigenvalue weighted by Gasteiger charge is 2.50. The largest absolute Gasteiger partial charge is 0.455 e. The van der Waals surface area contributed by atoms with Crippen molar-refractivity contribution in [2.24, 2.45) is 5.41 Å². The maximum atomic E-state index is 13.7. The zero-order chi connectivity index (χ0) is 41.1. The number of carbonyl (C=O) groups is 1. The minimum Gasteiger partial charge on any atom is -0.455 e. The van der Waals surface area contributed by atoms with Gasteiger partial charge in [0.2, 0.25) is 0 Å². The van der Waals surface area contributed by atoms with Crippen molar-refractivity contribution in [1.29, 1.82) is 0 Å². The second kappa shape index (κ2) is 17.6. The summed E-state index contributed by atoms with van der Waals surface area (Å²) in [7, 11) is 3.42. The van der Waals surface area contributed by atoms with Crippen molar-refractivity contribution in [2.75, 3.05) is 70.2 Å². The van der Waals surface area contributed by atoms with E-state index in [2.05, 4.69) is 72.8 Å². The van der Waals surface area contributed by atoms with Crippen molar-refractivity contribution in [3.8, 4) is 11.5 Å². The lowest BCUT2D eigenvalue weighted by atomic mass is 9.59. The molecule has 3 fully saturated rings. The predicted octanol–water partition coefficient (Wildman–Crippen LogP) is 8.62. The number of anilines is 2. The van der Waals surface area contributed by atoms with E-state index < -0.39 is 4.92 Å². The number of carbonyl (C=O) groups excluding carboxylic acids is 1. The highest BCUT2D eigenvalue weighted by Crippen LogP contribution is 2.53. The van der Waals surface area contributed by atoms with Gasteiger partial charge in [-0.25, -0.2) is 4.98 Å². The standard InChI is InChI=1S/C45H54N8O5S/c1-30(2)36-7-5-6-8-37(36)41-29-50(21-22-57-4)19-20-52(41)33-26-45(27-33)14-17-51(18-15-45)32-9-11-38(42(24-32)58-34-23-31-13-16-47-43(31)48-28-34)44(54)49-59-35-10-12-39(46-3)40(25-35)53(55)56/h5-13,16,23-25,28,30,33,41,46H,14-15,17-22,26-27,29H2,1-4H3,(H,47,48)(H,49,54). The van der Waals surface area contributed by atoms with Crippen LogP contribution in [0.3, 0.4) is 0 Å². The lowest BCUT2D eigenvalue weighted by Gasteiger charge is -2.58. The maximum Gasteiger partial charge on any atom is 0.293 e. The van der Waals surface area contributed by atoms with Crippen molar-refractivity contribution >= 4 is 46.0 Å². The Balaban J connectivity index is 0.964. The molecular weight excluding hydrogens is 765 g/mol. The second-order valence-corrected chi connectivity index (χ2v) is 17.3. The Kier molecular flexibility index (Phi) is 12.1. The maximum absolute atomic E-state index is 13.7. The highest BCUT2D eigenvalue weighted by molar-refractivity contribution is 7.98. The van der Waals surface area contributed by atoms with Crippen LogP contribution in [0.1, 0.15) is 73.0 Å². The van der Waals surface area contributed by atoms with Crippen LogP contribution >= 0.6 is 11.9 Å². The Morgan fingerprint density at radius 1 is 1.05 bits per heavy atom. The summed E-state index contributed by atoms with van der Waals surface area (Å²) in [6.07, 6.45) is 8.15. The summed E-state index contributed by atoms with van der Waals surface area (Å²) >= 11 is 1.02. The molecule has 1 aliphatic carbocycles. The summed E-state index contributed by atoms with van der Waals surface area (Å²) < 4.78 is 14.8. The molecule has 1 amide bonds. The molecule has 3 N–H and O–H groups in total. The summed E-state index contributed by atoms with van der Waals surface area (Å²) in [5.74, 6) is 1.02. The topological polar surface area (TPSA) is 141 Å². The van der Waals surface area contributed by atoms with Gasteiger partial charge in [0.1, 0.15) is 22.8 Å². The number of methoxy groups -OCH3 is 1. The zero-order valence-electron chi connectivity index (χ0n) is 34.3. The van der Waals surface area contributed by atoms with Gasteiger partial charge in [0.05, 0.1) is 23.3 Å². The van der Waals surface area contributed by atoms with E-state index in [-0.39, 0.29) is 11.6 Å². The fourth-order valence-electron chi connectivity index (χ4n) is 9.33. The molecule has 59 heavy (non-hydrogen) atoms. The van der Waals surface area contributed by atoms with E-state index >= 15 is 0 Å². The number of nitro benzene ring substituents is 1. The van der Waals surface area contributed by atoms with Gasteiger partial charge < -0.3 is 24.7 Å². The quantitative estimate of drug-likeness (QED) is 0.0564. The van der Waals surface area contributed by atoms with Crippen LogP contribution in [0.2, 0.25) is 0 Å². The van der Waals surface area contributed by atoms with E-state index in [1.54, 1.807) is 38.6 Å². The first-order chi connectivity index (χ1) is 28.6. The Bertz CT molecular complexity index is 2280. The number of H-pyrrole nitrogens is 1. The molecule has 14 heteroatoms. The molecular formula is C45H54N8O5S. The number of piperidine rings is 1. The number of amides is 1. The van der Waals surface area contributed by atoms with Gasteiger partial charge in [0.15, 0.2) is 0 Å². The third-order valence-electron chi connectivity index (χ3n) is 12.6. The molecule has 2 aromatic heterocycles. The van der Waals surface area contributed by atoms with E-state index in [1.807, 2.05) is 30.5 Å². The van der Waals surface area contributed by atoms with E-state index in [0.717, 1.165) is 87.4 Å². The minimum atomic E-state index is -0.445. The van der Waals surface area contributed by atoms with Crippen molar-refractivity contribution < 1.29 is 19.2 Å². The van der Waals surface area contributed by atoms with Crippen molar-refractivity contribution in [1.82, 2.24) is 24.5 Å².